The molecule has 2 saturated heterocycles. The third-order valence-electron chi connectivity index (χ3n) is 6.35. The maximum atomic E-state index is 6.20. The Kier molecular flexibility index (Phi) is 8.77. The smallest absolute Gasteiger partial charge is 0.193 e. The number of hydrogen-bond donors (Lipinski definition) is 1. The summed E-state index contributed by atoms with van der Waals surface area (Å²) in [5.74, 6) is 1.99. The highest BCUT2D eigenvalue weighted by Crippen LogP contribution is 2.34. The van der Waals surface area contributed by atoms with Crippen LogP contribution in [-0.4, -0.2) is 53.4 Å². The summed E-state index contributed by atoms with van der Waals surface area (Å²) in [7, 11) is 1.98. The van der Waals surface area contributed by atoms with Crippen LogP contribution < -0.4 is 5.32 Å². The van der Waals surface area contributed by atoms with E-state index >= 15 is 0 Å². The van der Waals surface area contributed by atoms with Gasteiger partial charge in [-0.05, 0) is 44.2 Å². The largest absolute Gasteiger partial charge is 0.373 e. The fraction of sp³-hybridized carbons (Fsp3) is 0.583. The zero-order valence-corrected chi connectivity index (χ0v) is 21.3. The van der Waals surface area contributed by atoms with Gasteiger partial charge in [0.2, 0.25) is 0 Å². The fourth-order valence-electron chi connectivity index (χ4n) is 4.66. The molecule has 2 aromatic rings. The first-order valence-electron chi connectivity index (χ1n) is 11.3. The zero-order chi connectivity index (χ0) is 20.9. The van der Waals surface area contributed by atoms with Gasteiger partial charge in [0, 0.05) is 57.9 Å². The van der Waals surface area contributed by atoms with E-state index in [1.54, 1.807) is 0 Å². The van der Waals surface area contributed by atoms with Crippen LogP contribution in [0.25, 0.3) is 0 Å². The molecule has 0 bridgehead atoms. The number of aryl methyl sites for hydroxylation is 2. The van der Waals surface area contributed by atoms with Crippen LogP contribution in [0.3, 0.4) is 0 Å². The van der Waals surface area contributed by atoms with Gasteiger partial charge in [0.1, 0.15) is 0 Å². The van der Waals surface area contributed by atoms with E-state index < -0.39 is 0 Å². The monoisotopic (exact) mass is 537 g/mol. The van der Waals surface area contributed by atoms with Crippen molar-refractivity contribution in [2.24, 2.45) is 18.0 Å². The molecule has 170 valence electrons. The molecular formula is C24H36IN5O. The number of ether oxygens (including phenoxy) is 1. The van der Waals surface area contributed by atoms with Crippen LogP contribution in [0.5, 0.6) is 0 Å². The van der Waals surface area contributed by atoms with Gasteiger partial charge in [0.25, 0.3) is 0 Å². The molecule has 3 heterocycles. The summed E-state index contributed by atoms with van der Waals surface area (Å²) in [6.07, 6.45) is 7.72. The lowest BCUT2D eigenvalue weighted by atomic mass is 9.89. The molecule has 0 aliphatic carbocycles. The van der Waals surface area contributed by atoms with Crippen LogP contribution >= 0.6 is 24.0 Å². The fourth-order valence-corrected chi connectivity index (χ4v) is 4.66. The second-order valence-corrected chi connectivity index (χ2v) is 8.68. The number of likely N-dealkylation sites (tertiary alicyclic amines) is 1. The number of guanidine groups is 1. The molecule has 0 radical (unpaired) electrons. The molecule has 7 heteroatoms. The summed E-state index contributed by atoms with van der Waals surface area (Å²) >= 11 is 0. The highest BCUT2D eigenvalue weighted by molar-refractivity contribution is 14.0. The maximum absolute atomic E-state index is 6.20. The topological polar surface area (TPSA) is 54.7 Å². The third kappa shape index (κ3) is 6.00. The van der Waals surface area contributed by atoms with Crippen molar-refractivity contribution in [3.8, 4) is 0 Å². The number of aliphatic imine (C=N–C) groups is 1. The van der Waals surface area contributed by atoms with Crippen molar-refractivity contribution in [2.45, 2.75) is 45.1 Å². The molecule has 1 aromatic heterocycles. The Balaban J connectivity index is 0.00000272. The van der Waals surface area contributed by atoms with E-state index in [1.807, 2.05) is 17.9 Å². The summed E-state index contributed by atoms with van der Waals surface area (Å²) in [6, 6.07) is 8.79. The molecule has 6 nitrogen and oxygen atoms in total. The molecule has 31 heavy (non-hydrogen) atoms. The predicted molar refractivity (Wildman–Crippen MR) is 136 cm³/mol. The molecule has 3 atom stereocenters. The molecule has 1 N–H and O–H groups in total. The van der Waals surface area contributed by atoms with E-state index in [4.69, 9.17) is 9.73 Å². The second-order valence-electron chi connectivity index (χ2n) is 8.68. The van der Waals surface area contributed by atoms with Crippen LogP contribution in [0.4, 0.5) is 0 Å². The molecule has 0 saturated carbocycles. The van der Waals surface area contributed by atoms with E-state index in [-0.39, 0.29) is 30.1 Å². The second kappa shape index (κ2) is 11.3. The lowest BCUT2D eigenvalue weighted by Gasteiger charge is -2.32. The van der Waals surface area contributed by atoms with Gasteiger partial charge in [-0.25, -0.2) is 0 Å². The lowest BCUT2D eigenvalue weighted by Crippen LogP contribution is -2.40. The molecule has 2 fully saturated rings. The first kappa shape index (κ1) is 24.0. The third-order valence-corrected chi connectivity index (χ3v) is 6.35. The van der Waals surface area contributed by atoms with Crippen molar-refractivity contribution < 1.29 is 4.74 Å². The first-order chi connectivity index (χ1) is 14.6. The number of benzene rings is 1. The molecule has 2 aliphatic heterocycles. The van der Waals surface area contributed by atoms with Crippen LogP contribution in [0, 0.1) is 12.8 Å². The number of hydrogen-bond acceptors (Lipinski definition) is 3. The number of halogens is 1. The Morgan fingerprint density at radius 3 is 2.74 bits per heavy atom. The van der Waals surface area contributed by atoms with Gasteiger partial charge < -0.3 is 15.0 Å². The van der Waals surface area contributed by atoms with Crippen LogP contribution in [0.2, 0.25) is 0 Å². The number of rotatable bonds is 5. The summed E-state index contributed by atoms with van der Waals surface area (Å²) in [6.45, 7) is 8.84. The molecule has 4 rings (SSSR count). The first-order valence-corrected chi connectivity index (χ1v) is 11.3. The van der Waals surface area contributed by atoms with Gasteiger partial charge in [-0.3, -0.25) is 9.67 Å². The van der Waals surface area contributed by atoms with E-state index in [9.17, 15) is 0 Å². The standard InChI is InChI=1S/C24H35N5O.HI/c1-4-25-24(29-12-11-21(17-29)22-15-27-28(3)16-22)26-14-20-6-5-13-30-23(20)19-9-7-18(2)8-10-19;/h7-10,15-16,20-21,23H,4-6,11-14,17H2,1-3H3,(H,25,26);1H. The number of aromatic nitrogens is 2. The quantitative estimate of drug-likeness (QED) is 0.352. The summed E-state index contributed by atoms with van der Waals surface area (Å²) < 4.78 is 8.09. The summed E-state index contributed by atoms with van der Waals surface area (Å²) in [5.41, 5.74) is 3.90. The zero-order valence-electron chi connectivity index (χ0n) is 19.0. The highest BCUT2D eigenvalue weighted by Gasteiger charge is 2.29. The van der Waals surface area contributed by atoms with Crippen molar-refractivity contribution in [1.29, 1.82) is 0 Å². The lowest BCUT2D eigenvalue weighted by molar-refractivity contribution is -0.0250. The highest BCUT2D eigenvalue weighted by atomic mass is 127. The minimum Gasteiger partial charge on any atom is -0.373 e. The Morgan fingerprint density at radius 2 is 2.03 bits per heavy atom. The maximum Gasteiger partial charge on any atom is 0.193 e. The van der Waals surface area contributed by atoms with E-state index in [0.29, 0.717) is 11.8 Å². The van der Waals surface area contributed by atoms with Gasteiger partial charge in [-0.1, -0.05) is 29.8 Å². The average Bonchev–Trinajstić information content (AvgIpc) is 3.41. The molecule has 3 unspecified atom stereocenters. The summed E-state index contributed by atoms with van der Waals surface area (Å²) in [4.78, 5) is 7.48. The van der Waals surface area contributed by atoms with E-state index in [2.05, 4.69) is 59.6 Å². The Hall–Kier alpha value is -1.61. The molecule has 0 amide bonds. The molecular weight excluding hydrogens is 501 g/mol. The SMILES string of the molecule is CCNC(=NCC1CCCOC1c1ccc(C)cc1)N1CCC(c2cnn(C)c2)C1.I. The van der Waals surface area contributed by atoms with Gasteiger partial charge >= 0.3 is 0 Å². The van der Waals surface area contributed by atoms with Crippen molar-refractivity contribution >= 4 is 29.9 Å². The molecule has 2 aliphatic rings. The van der Waals surface area contributed by atoms with Crippen molar-refractivity contribution in [2.75, 3.05) is 32.8 Å². The molecule has 1 aromatic carbocycles. The Labute approximate surface area is 203 Å². The molecule has 0 spiro atoms. The van der Waals surface area contributed by atoms with E-state index in [0.717, 1.165) is 51.6 Å². The van der Waals surface area contributed by atoms with Crippen LogP contribution in [0.15, 0.2) is 41.7 Å². The van der Waals surface area contributed by atoms with Gasteiger partial charge in [0.05, 0.1) is 12.3 Å². The minimum atomic E-state index is 0. The number of nitrogens with one attached hydrogen (secondary N) is 1. The van der Waals surface area contributed by atoms with Gasteiger partial charge in [0.15, 0.2) is 5.96 Å². The minimum absolute atomic E-state index is 0. The van der Waals surface area contributed by atoms with Gasteiger partial charge in [-0.2, -0.15) is 5.10 Å². The predicted octanol–water partition coefficient (Wildman–Crippen LogP) is 4.27. The van der Waals surface area contributed by atoms with Crippen molar-refractivity contribution in [3.63, 3.8) is 0 Å². The van der Waals surface area contributed by atoms with Gasteiger partial charge in [-0.15, -0.1) is 24.0 Å². The number of nitrogens with zero attached hydrogens (tertiary/aromatic N) is 4. The Bertz CT molecular complexity index is 850. The van der Waals surface area contributed by atoms with Crippen LogP contribution in [-0.2, 0) is 11.8 Å². The average molecular weight is 537 g/mol. The van der Waals surface area contributed by atoms with Crippen LogP contribution in [0.1, 0.15) is 54.9 Å². The van der Waals surface area contributed by atoms with Crippen molar-refractivity contribution in [1.82, 2.24) is 20.0 Å². The Morgan fingerprint density at radius 1 is 1.23 bits per heavy atom. The summed E-state index contributed by atoms with van der Waals surface area (Å²) in [5, 5.41) is 7.86. The van der Waals surface area contributed by atoms with Crippen molar-refractivity contribution in [3.05, 3.63) is 53.3 Å². The van der Waals surface area contributed by atoms with E-state index in [1.165, 1.54) is 23.1 Å². The normalized spacial score (nSPS) is 24.2.